The van der Waals surface area contributed by atoms with Crippen LogP contribution in [-0.4, -0.2) is 11.5 Å². The average Bonchev–Trinajstić information content (AvgIpc) is 2.84. The molecule has 19 heavy (non-hydrogen) atoms. The summed E-state index contributed by atoms with van der Waals surface area (Å²) < 4.78 is 0. The van der Waals surface area contributed by atoms with Crippen molar-refractivity contribution in [1.82, 2.24) is 10.3 Å². The Morgan fingerprint density at radius 2 is 1.84 bits per heavy atom. The van der Waals surface area contributed by atoms with Crippen LogP contribution in [0.4, 0.5) is 0 Å². The minimum Gasteiger partial charge on any atom is -0.312 e. The fourth-order valence-electron chi connectivity index (χ4n) is 5.26. The molecule has 0 unspecified atom stereocenters. The zero-order valence-electron chi connectivity index (χ0n) is 11.8. The molecule has 4 aliphatic rings. The maximum atomic E-state index is 4.84. The first-order chi connectivity index (χ1) is 9.27. The van der Waals surface area contributed by atoms with Crippen LogP contribution < -0.4 is 5.32 Å². The van der Waals surface area contributed by atoms with Gasteiger partial charge in [-0.15, -0.1) is 11.3 Å². The Labute approximate surface area is 120 Å². The number of rotatable bonds is 4. The van der Waals surface area contributed by atoms with E-state index in [1.165, 1.54) is 48.4 Å². The molecular formula is C16H24N2S. The van der Waals surface area contributed by atoms with Gasteiger partial charge in [-0.25, -0.2) is 4.98 Å². The van der Waals surface area contributed by atoms with Crippen molar-refractivity contribution >= 4 is 11.3 Å². The van der Waals surface area contributed by atoms with E-state index in [2.05, 4.69) is 18.4 Å². The molecule has 1 aromatic heterocycles. The minimum absolute atomic E-state index is 0.490. The maximum absolute atomic E-state index is 4.84. The summed E-state index contributed by atoms with van der Waals surface area (Å²) in [5.41, 5.74) is 0.490. The summed E-state index contributed by atoms with van der Waals surface area (Å²) >= 11 is 1.99. The Kier molecular flexibility index (Phi) is 2.96. The van der Waals surface area contributed by atoms with Gasteiger partial charge < -0.3 is 5.32 Å². The van der Waals surface area contributed by atoms with Gasteiger partial charge in [0.05, 0.1) is 5.01 Å². The van der Waals surface area contributed by atoms with Gasteiger partial charge in [0, 0.05) is 23.0 Å². The molecule has 2 nitrogen and oxygen atoms in total. The van der Waals surface area contributed by atoms with Crippen LogP contribution in [0.3, 0.4) is 0 Å². The fraction of sp³-hybridized carbons (Fsp3) is 0.812. The Hall–Kier alpha value is -0.410. The normalized spacial score (nSPS) is 39.9. The molecule has 3 heteroatoms. The predicted octanol–water partition coefficient (Wildman–Crippen LogP) is 3.72. The Balaban J connectivity index is 1.59. The lowest BCUT2D eigenvalue weighted by Gasteiger charge is -2.56. The topological polar surface area (TPSA) is 24.9 Å². The Morgan fingerprint density at radius 3 is 2.42 bits per heavy atom. The smallest absolute Gasteiger partial charge is 0.0990 e. The van der Waals surface area contributed by atoms with Gasteiger partial charge in [0.2, 0.25) is 0 Å². The summed E-state index contributed by atoms with van der Waals surface area (Å²) in [4.78, 5) is 6.26. The van der Waals surface area contributed by atoms with Crippen LogP contribution in [-0.2, 0) is 12.0 Å². The lowest BCUT2D eigenvalue weighted by molar-refractivity contribution is -0.00527. The van der Waals surface area contributed by atoms with Gasteiger partial charge >= 0.3 is 0 Å². The molecule has 4 aliphatic carbocycles. The summed E-state index contributed by atoms with van der Waals surface area (Å²) in [6, 6.07) is 0. The van der Waals surface area contributed by atoms with Gasteiger partial charge in [-0.3, -0.25) is 0 Å². The van der Waals surface area contributed by atoms with E-state index in [9.17, 15) is 0 Å². The van der Waals surface area contributed by atoms with E-state index in [1.807, 2.05) is 11.3 Å². The number of hydrogen-bond donors (Lipinski definition) is 1. The van der Waals surface area contributed by atoms with Crippen molar-refractivity contribution in [1.29, 1.82) is 0 Å². The van der Waals surface area contributed by atoms with Gasteiger partial charge in [-0.05, 0) is 62.8 Å². The molecule has 4 bridgehead atoms. The second-order valence-electron chi connectivity index (χ2n) is 7.11. The van der Waals surface area contributed by atoms with Crippen molar-refractivity contribution in [3.63, 3.8) is 0 Å². The molecule has 0 atom stereocenters. The van der Waals surface area contributed by atoms with Crippen LogP contribution >= 0.6 is 11.3 Å². The van der Waals surface area contributed by atoms with Crippen LogP contribution in [0.15, 0.2) is 6.20 Å². The second kappa shape index (κ2) is 4.56. The van der Waals surface area contributed by atoms with E-state index in [0.29, 0.717) is 5.41 Å². The molecule has 104 valence electrons. The number of aromatic nitrogens is 1. The Morgan fingerprint density at radius 1 is 1.21 bits per heavy atom. The van der Waals surface area contributed by atoms with E-state index < -0.39 is 0 Å². The van der Waals surface area contributed by atoms with E-state index in [4.69, 9.17) is 4.98 Å². The van der Waals surface area contributed by atoms with Gasteiger partial charge in [0.15, 0.2) is 0 Å². The van der Waals surface area contributed by atoms with Crippen molar-refractivity contribution < 1.29 is 0 Å². The van der Waals surface area contributed by atoms with Crippen LogP contribution in [0.5, 0.6) is 0 Å². The van der Waals surface area contributed by atoms with Crippen molar-refractivity contribution in [3.05, 3.63) is 16.1 Å². The number of hydrogen-bond acceptors (Lipinski definition) is 3. The van der Waals surface area contributed by atoms with E-state index in [1.54, 1.807) is 0 Å². The van der Waals surface area contributed by atoms with Crippen molar-refractivity contribution in [2.45, 2.75) is 57.4 Å². The monoisotopic (exact) mass is 276 g/mol. The number of nitrogens with zero attached hydrogens (tertiary/aromatic N) is 1. The first-order valence-corrected chi connectivity index (χ1v) is 8.75. The molecule has 0 saturated heterocycles. The molecule has 0 spiro atoms. The molecule has 0 aliphatic heterocycles. The standard InChI is InChI=1S/C16H24N2S/c1-2-17-9-14-10-18-15(19-14)16-6-11-3-12(7-16)5-13(4-11)8-16/h10-13,17H,2-9H2,1H3. The van der Waals surface area contributed by atoms with Crippen LogP contribution in [0, 0.1) is 17.8 Å². The highest BCUT2D eigenvalue weighted by Gasteiger charge is 2.52. The summed E-state index contributed by atoms with van der Waals surface area (Å²) in [5.74, 6) is 3.06. The van der Waals surface area contributed by atoms with Gasteiger partial charge in [0.1, 0.15) is 0 Å². The SMILES string of the molecule is CCNCc1cnc(C23CC4CC(CC(C4)C2)C3)s1. The van der Waals surface area contributed by atoms with Crippen LogP contribution in [0.1, 0.15) is 55.3 Å². The molecule has 1 heterocycles. The van der Waals surface area contributed by atoms with E-state index in [-0.39, 0.29) is 0 Å². The fourth-order valence-corrected chi connectivity index (χ4v) is 6.36. The summed E-state index contributed by atoms with van der Waals surface area (Å²) in [6.07, 6.45) is 11.0. The van der Waals surface area contributed by atoms with E-state index in [0.717, 1.165) is 30.8 Å². The molecule has 5 rings (SSSR count). The zero-order valence-corrected chi connectivity index (χ0v) is 12.6. The summed E-state index contributed by atoms with van der Waals surface area (Å²) in [7, 11) is 0. The van der Waals surface area contributed by atoms with Gasteiger partial charge in [-0.1, -0.05) is 6.92 Å². The minimum atomic E-state index is 0.490. The lowest BCUT2D eigenvalue weighted by Crippen LogP contribution is -2.48. The lowest BCUT2D eigenvalue weighted by atomic mass is 9.50. The van der Waals surface area contributed by atoms with E-state index >= 15 is 0 Å². The average molecular weight is 276 g/mol. The highest BCUT2D eigenvalue weighted by atomic mass is 32.1. The third kappa shape index (κ3) is 2.06. The number of thiazole rings is 1. The Bertz CT molecular complexity index is 430. The highest BCUT2D eigenvalue weighted by Crippen LogP contribution is 2.61. The van der Waals surface area contributed by atoms with Gasteiger partial charge in [0.25, 0.3) is 0 Å². The third-order valence-electron chi connectivity index (χ3n) is 5.59. The van der Waals surface area contributed by atoms with Gasteiger partial charge in [-0.2, -0.15) is 0 Å². The highest BCUT2D eigenvalue weighted by molar-refractivity contribution is 7.11. The van der Waals surface area contributed by atoms with Crippen molar-refractivity contribution in [3.8, 4) is 0 Å². The number of nitrogens with one attached hydrogen (secondary N) is 1. The molecule has 4 saturated carbocycles. The largest absolute Gasteiger partial charge is 0.312 e. The quantitative estimate of drug-likeness (QED) is 0.906. The van der Waals surface area contributed by atoms with Crippen LogP contribution in [0.25, 0.3) is 0 Å². The van der Waals surface area contributed by atoms with Crippen molar-refractivity contribution in [2.24, 2.45) is 17.8 Å². The molecule has 0 aromatic carbocycles. The second-order valence-corrected chi connectivity index (χ2v) is 8.23. The molecular weight excluding hydrogens is 252 g/mol. The molecule has 1 aromatic rings. The van der Waals surface area contributed by atoms with Crippen LogP contribution in [0.2, 0.25) is 0 Å². The third-order valence-corrected chi connectivity index (χ3v) is 6.84. The van der Waals surface area contributed by atoms with Crippen molar-refractivity contribution in [2.75, 3.05) is 6.54 Å². The molecule has 0 amide bonds. The zero-order chi connectivity index (χ0) is 12.9. The molecule has 0 radical (unpaired) electrons. The predicted molar refractivity (Wildman–Crippen MR) is 79.3 cm³/mol. The summed E-state index contributed by atoms with van der Waals surface area (Å²) in [5, 5.41) is 4.89. The molecule has 4 fully saturated rings. The first kappa shape index (κ1) is 12.3. The summed E-state index contributed by atoms with van der Waals surface area (Å²) in [6.45, 7) is 4.21. The first-order valence-electron chi connectivity index (χ1n) is 7.93. The maximum Gasteiger partial charge on any atom is 0.0990 e. The molecule has 1 N–H and O–H groups in total.